The number of hydrogen-bond acceptors (Lipinski definition) is 8. The number of aliphatic hydroxyl groups excluding tert-OH is 4. The van der Waals surface area contributed by atoms with Crippen molar-refractivity contribution in [1.82, 2.24) is 0 Å². The van der Waals surface area contributed by atoms with E-state index in [-0.39, 0.29) is 25.9 Å². The Kier molecular flexibility index (Phi) is 32.2. The molecule has 0 aliphatic rings. The van der Waals surface area contributed by atoms with Crippen molar-refractivity contribution in [3.8, 4) is 0 Å². The van der Waals surface area contributed by atoms with Gasteiger partial charge in [-0.05, 0) is 38.0 Å². The smallest absolute Gasteiger partial charge is 0.306 e. The summed E-state index contributed by atoms with van der Waals surface area (Å²) in [7, 11) is 0. The minimum absolute atomic E-state index is 0.0276. The average Bonchev–Trinajstić information content (AvgIpc) is 3.07. The minimum Gasteiger partial charge on any atom is -0.462 e. The first-order chi connectivity index (χ1) is 23.7. The largest absolute Gasteiger partial charge is 0.462 e. The first kappa shape index (κ1) is 46.5. The van der Waals surface area contributed by atoms with E-state index in [0.29, 0.717) is 12.8 Å². The summed E-state index contributed by atoms with van der Waals surface area (Å²) < 4.78 is 10.4. The molecule has 0 aromatic carbocycles. The maximum atomic E-state index is 12.2. The number of rotatable bonds is 32. The average molecular weight is 691 g/mol. The first-order valence-corrected chi connectivity index (χ1v) is 19.0. The van der Waals surface area contributed by atoms with Gasteiger partial charge in [0.15, 0.2) is 6.10 Å². The predicted octanol–water partition coefficient (Wildman–Crippen LogP) is 8.39. The molecule has 0 spiro atoms. The molecule has 0 aliphatic carbocycles. The lowest BCUT2D eigenvalue weighted by molar-refractivity contribution is -0.161. The number of ether oxygens (including phenoxy) is 2. The van der Waals surface area contributed by atoms with Crippen molar-refractivity contribution in [3.63, 3.8) is 0 Å². The zero-order valence-corrected chi connectivity index (χ0v) is 30.9. The van der Waals surface area contributed by atoms with Crippen molar-refractivity contribution in [3.05, 3.63) is 60.8 Å². The van der Waals surface area contributed by atoms with Gasteiger partial charge in [0.2, 0.25) is 0 Å². The summed E-state index contributed by atoms with van der Waals surface area (Å²) in [4.78, 5) is 24.3. The van der Waals surface area contributed by atoms with E-state index in [2.05, 4.69) is 13.8 Å². The molecule has 0 unspecified atom stereocenters. The molecule has 0 radical (unpaired) electrons. The van der Waals surface area contributed by atoms with Gasteiger partial charge >= 0.3 is 11.9 Å². The van der Waals surface area contributed by atoms with Gasteiger partial charge in [0, 0.05) is 12.8 Å². The van der Waals surface area contributed by atoms with E-state index in [1.807, 2.05) is 19.1 Å². The summed E-state index contributed by atoms with van der Waals surface area (Å²) >= 11 is 0. The zero-order chi connectivity index (χ0) is 36.4. The molecule has 4 atom stereocenters. The summed E-state index contributed by atoms with van der Waals surface area (Å²) in [6, 6.07) is 0. The molecule has 0 aromatic rings. The lowest BCUT2D eigenvalue weighted by Crippen LogP contribution is -2.28. The summed E-state index contributed by atoms with van der Waals surface area (Å²) in [5, 5.41) is 39.6. The number of carbonyl (C=O) groups excluding carboxylic acids is 2. The van der Waals surface area contributed by atoms with Gasteiger partial charge in [0.25, 0.3) is 0 Å². The van der Waals surface area contributed by atoms with Crippen molar-refractivity contribution >= 4 is 11.9 Å². The summed E-state index contributed by atoms with van der Waals surface area (Å²) in [6.45, 7) is 5.97. The Balaban J connectivity index is 3.93. The van der Waals surface area contributed by atoms with E-state index in [0.717, 1.165) is 31.6 Å². The molecule has 8 heteroatoms. The monoisotopic (exact) mass is 691 g/mol. The van der Waals surface area contributed by atoms with Crippen molar-refractivity contribution in [1.29, 1.82) is 0 Å². The SMILES string of the molecule is CC/C=C\C[C@@H](O)/C=C/C=C/C=C\C=C/[C@H](O)[C@@H](O)CCCC(=O)OC[C@H](CO)OC(=O)CCCCCCCCCCCCCCC(C)C. The standard InChI is InChI=1S/C41H70O8/c1-4-5-20-27-36(43)28-22-17-14-15-18-23-29-38(44)39(45)30-25-32-40(46)48-34-37(33-42)49-41(47)31-24-19-13-11-9-7-6-8-10-12-16-21-26-35(2)3/h5,14-15,17-18,20,22-23,28-29,35-39,42-45H,4,6-13,16,19,21,24-27,30-34H2,1-3H3/b17-14+,18-15-,20-5-,28-22+,29-23-/t36-,37+,38+,39+/m1/s1. The van der Waals surface area contributed by atoms with E-state index in [4.69, 9.17) is 9.47 Å². The number of allylic oxidation sites excluding steroid dienone is 7. The fourth-order valence-electron chi connectivity index (χ4n) is 5.08. The van der Waals surface area contributed by atoms with Crippen LogP contribution in [0.5, 0.6) is 0 Å². The van der Waals surface area contributed by atoms with Crippen LogP contribution in [-0.2, 0) is 19.1 Å². The van der Waals surface area contributed by atoms with E-state index in [1.165, 1.54) is 70.3 Å². The molecular formula is C41H70O8. The van der Waals surface area contributed by atoms with E-state index < -0.39 is 43.0 Å². The van der Waals surface area contributed by atoms with Crippen LogP contribution in [0.25, 0.3) is 0 Å². The highest BCUT2D eigenvalue weighted by Crippen LogP contribution is 2.15. The molecule has 0 saturated heterocycles. The molecule has 8 nitrogen and oxygen atoms in total. The van der Waals surface area contributed by atoms with E-state index >= 15 is 0 Å². The third-order valence-electron chi connectivity index (χ3n) is 8.10. The Labute approximate surface area is 298 Å². The Hall–Kier alpha value is -2.52. The van der Waals surface area contributed by atoms with E-state index in [1.54, 1.807) is 42.5 Å². The van der Waals surface area contributed by atoms with Gasteiger partial charge in [0.1, 0.15) is 6.61 Å². The van der Waals surface area contributed by atoms with Crippen LogP contribution in [0.4, 0.5) is 0 Å². The quantitative estimate of drug-likeness (QED) is 0.0239. The van der Waals surface area contributed by atoms with Crippen LogP contribution in [0.15, 0.2) is 60.8 Å². The zero-order valence-electron chi connectivity index (χ0n) is 30.9. The lowest BCUT2D eigenvalue weighted by atomic mass is 10.0. The highest BCUT2D eigenvalue weighted by molar-refractivity contribution is 5.70. The summed E-state index contributed by atoms with van der Waals surface area (Å²) in [6.07, 6.45) is 32.3. The normalized spacial score (nSPS) is 14.9. The molecule has 0 aromatic heterocycles. The summed E-state index contributed by atoms with van der Waals surface area (Å²) in [5.74, 6) is -0.107. The van der Waals surface area contributed by atoms with E-state index in [9.17, 15) is 30.0 Å². The third kappa shape index (κ3) is 32.4. The Morgan fingerprint density at radius 2 is 1.16 bits per heavy atom. The molecule has 0 fully saturated rings. The molecule has 0 aliphatic heterocycles. The maximum Gasteiger partial charge on any atom is 0.306 e. The second-order valence-electron chi connectivity index (χ2n) is 13.3. The molecule has 282 valence electrons. The molecule has 0 heterocycles. The van der Waals surface area contributed by atoms with Crippen LogP contribution in [0, 0.1) is 5.92 Å². The molecule has 4 N–H and O–H groups in total. The lowest BCUT2D eigenvalue weighted by Gasteiger charge is -2.16. The predicted molar refractivity (Wildman–Crippen MR) is 200 cm³/mol. The highest BCUT2D eigenvalue weighted by Gasteiger charge is 2.17. The highest BCUT2D eigenvalue weighted by atomic mass is 16.6. The number of unbranched alkanes of at least 4 members (excludes halogenated alkanes) is 11. The third-order valence-corrected chi connectivity index (χ3v) is 8.10. The van der Waals surface area contributed by atoms with Gasteiger partial charge in [-0.15, -0.1) is 0 Å². The van der Waals surface area contributed by atoms with Gasteiger partial charge < -0.3 is 29.9 Å². The second kappa shape index (κ2) is 34.0. The van der Waals surface area contributed by atoms with Crippen molar-refractivity contribution in [2.24, 2.45) is 5.92 Å². The molecule has 0 amide bonds. The fraction of sp³-hybridized carbons (Fsp3) is 0.707. The molecule has 0 saturated carbocycles. The van der Waals surface area contributed by atoms with Crippen molar-refractivity contribution in [2.75, 3.05) is 13.2 Å². The first-order valence-electron chi connectivity index (χ1n) is 19.0. The van der Waals surface area contributed by atoms with Crippen LogP contribution in [-0.4, -0.2) is 70.0 Å². The summed E-state index contributed by atoms with van der Waals surface area (Å²) in [5.41, 5.74) is 0. The molecule has 0 rings (SSSR count). The van der Waals surface area contributed by atoms with Crippen LogP contribution in [0.1, 0.15) is 143 Å². The van der Waals surface area contributed by atoms with Crippen molar-refractivity contribution in [2.45, 2.75) is 167 Å². The fourth-order valence-corrected chi connectivity index (χ4v) is 5.08. The number of esters is 2. The number of hydrogen-bond donors (Lipinski definition) is 4. The van der Waals surface area contributed by atoms with Gasteiger partial charge in [-0.25, -0.2) is 0 Å². The Bertz CT molecular complexity index is 936. The topological polar surface area (TPSA) is 134 Å². The number of carbonyl (C=O) groups is 2. The van der Waals surface area contributed by atoms with Crippen LogP contribution >= 0.6 is 0 Å². The number of aliphatic hydroxyl groups is 4. The van der Waals surface area contributed by atoms with Gasteiger partial charge in [0.05, 0.1) is 24.9 Å². The molecule has 49 heavy (non-hydrogen) atoms. The maximum absolute atomic E-state index is 12.2. The van der Waals surface area contributed by atoms with Crippen LogP contribution in [0.3, 0.4) is 0 Å². The molecular weight excluding hydrogens is 620 g/mol. The van der Waals surface area contributed by atoms with Crippen molar-refractivity contribution < 1.29 is 39.5 Å². The Morgan fingerprint density at radius 3 is 1.73 bits per heavy atom. The van der Waals surface area contributed by atoms with Crippen LogP contribution in [0.2, 0.25) is 0 Å². The van der Waals surface area contributed by atoms with Gasteiger partial charge in [-0.2, -0.15) is 0 Å². The minimum atomic E-state index is -1.09. The second-order valence-corrected chi connectivity index (χ2v) is 13.3. The molecule has 0 bridgehead atoms. The van der Waals surface area contributed by atoms with Gasteiger partial charge in [-0.1, -0.05) is 159 Å². The van der Waals surface area contributed by atoms with Crippen LogP contribution < -0.4 is 0 Å². The van der Waals surface area contributed by atoms with Gasteiger partial charge in [-0.3, -0.25) is 9.59 Å². The Morgan fingerprint density at radius 1 is 0.633 bits per heavy atom.